The van der Waals surface area contributed by atoms with Crippen molar-refractivity contribution in [2.45, 2.75) is 6.92 Å². The van der Waals surface area contributed by atoms with Crippen molar-refractivity contribution in [2.75, 3.05) is 26.2 Å². The average molecular weight is 338 g/mol. The smallest absolute Gasteiger partial charge is 0.261 e. The minimum atomic E-state index is -0.286. The molecule has 0 aromatic heterocycles. The minimum Gasteiger partial charge on any atom is -0.354 e. The third-order valence-electron chi connectivity index (χ3n) is 4.45. The van der Waals surface area contributed by atoms with Crippen LogP contribution in [0.5, 0.6) is 0 Å². The molecule has 0 bridgehead atoms. The zero-order chi connectivity index (χ0) is 15.7. The number of carbonyl (C=O) groups excluding carboxylic acids is 3. The number of carbonyl (C=O) groups is 3. The third-order valence-corrected chi connectivity index (χ3v) is 4.45. The maximum Gasteiger partial charge on any atom is 0.261 e. The summed E-state index contributed by atoms with van der Waals surface area (Å²) in [4.78, 5) is 37.5. The molecule has 2 N–H and O–H groups in total. The predicted octanol–water partition coefficient (Wildman–Crippen LogP) is 0.676. The first-order valence-electron chi connectivity index (χ1n) is 7.53. The maximum atomic E-state index is 12.2. The molecule has 1 unspecified atom stereocenters. The molecule has 0 aliphatic carbocycles. The van der Waals surface area contributed by atoms with Crippen LogP contribution in [0.1, 0.15) is 27.6 Å². The average Bonchev–Trinajstić information content (AvgIpc) is 2.70. The lowest BCUT2D eigenvalue weighted by atomic mass is 9.88. The lowest BCUT2D eigenvalue weighted by molar-refractivity contribution is -0.126. The summed E-state index contributed by atoms with van der Waals surface area (Å²) < 4.78 is 0. The molecule has 1 atom stereocenters. The molecule has 1 saturated heterocycles. The second kappa shape index (κ2) is 7.10. The molecule has 1 aromatic rings. The van der Waals surface area contributed by atoms with Crippen LogP contribution >= 0.6 is 12.4 Å². The summed E-state index contributed by atoms with van der Waals surface area (Å²) in [6.07, 6.45) is 0. The van der Waals surface area contributed by atoms with Crippen LogP contribution in [-0.4, -0.2) is 48.8 Å². The molecule has 7 heteroatoms. The van der Waals surface area contributed by atoms with E-state index in [1.54, 1.807) is 24.3 Å². The van der Waals surface area contributed by atoms with E-state index in [4.69, 9.17) is 0 Å². The first-order chi connectivity index (χ1) is 10.6. The maximum absolute atomic E-state index is 12.2. The minimum absolute atomic E-state index is 0. The summed E-state index contributed by atoms with van der Waals surface area (Å²) in [5.74, 6) is -0.275. The summed E-state index contributed by atoms with van der Waals surface area (Å²) >= 11 is 0. The molecular weight excluding hydrogens is 318 g/mol. The first kappa shape index (κ1) is 17.4. The van der Waals surface area contributed by atoms with Crippen LogP contribution in [0.3, 0.4) is 0 Å². The van der Waals surface area contributed by atoms with Gasteiger partial charge in [0, 0.05) is 19.0 Å². The molecule has 124 valence electrons. The second-order valence-corrected chi connectivity index (χ2v) is 5.81. The number of nitrogens with zero attached hydrogens (tertiary/aromatic N) is 1. The van der Waals surface area contributed by atoms with Crippen molar-refractivity contribution in [1.29, 1.82) is 0 Å². The van der Waals surface area contributed by atoms with Crippen LogP contribution < -0.4 is 10.6 Å². The SMILES string of the molecule is CC(C(=O)NCCN1C(=O)c2ccccc2C1=O)C1CNC1.Cl. The van der Waals surface area contributed by atoms with Crippen LogP contribution in [-0.2, 0) is 4.79 Å². The quantitative estimate of drug-likeness (QED) is 0.774. The molecule has 0 saturated carbocycles. The van der Waals surface area contributed by atoms with Gasteiger partial charge in [-0.2, -0.15) is 0 Å². The van der Waals surface area contributed by atoms with E-state index in [9.17, 15) is 14.4 Å². The van der Waals surface area contributed by atoms with Crippen LogP contribution in [0, 0.1) is 11.8 Å². The van der Waals surface area contributed by atoms with Gasteiger partial charge in [0.1, 0.15) is 0 Å². The van der Waals surface area contributed by atoms with Gasteiger partial charge in [-0.15, -0.1) is 12.4 Å². The molecule has 2 heterocycles. The number of amides is 3. The number of benzene rings is 1. The molecule has 0 radical (unpaired) electrons. The fraction of sp³-hybridized carbons (Fsp3) is 0.438. The zero-order valence-corrected chi connectivity index (χ0v) is 13.7. The number of imide groups is 1. The van der Waals surface area contributed by atoms with E-state index in [0.717, 1.165) is 13.1 Å². The van der Waals surface area contributed by atoms with Crippen LogP contribution in [0.4, 0.5) is 0 Å². The van der Waals surface area contributed by atoms with Gasteiger partial charge in [-0.05, 0) is 31.1 Å². The topological polar surface area (TPSA) is 78.5 Å². The molecule has 6 nitrogen and oxygen atoms in total. The number of fused-ring (bicyclic) bond motifs is 1. The molecule has 0 spiro atoms. The molecule has 1 fully saturated rings. The second-order valence-electron chi connectivity index (χ2n) is 5.81. The van der Waals surface area contributed by atoms with Gasteiger partial charge < -0.3 is 10.6 Å². The Morgan fingerprint density at radius 1 is 1.26 bits per heavy atom. The zero-order valence-electron chi connectivity index (χ0n) is 12.9. The molecule has 1 aromatic carbocycles. The highest BCUT2D eigenvalue weighted by Gasteiger charge is 2.35. The fourth-order valence-corrected chi connectivity index (χ4v) is 2.77. The van der Waals surface area contributed by atoms with Gasteiger partial charge in [0.05, 0.1) is 11.1 Å². The van der Waals surface area contributed by atoms with E-state index in [1.165, 1.54) is 4.90 Å². The van der Waals surface area contributed by atoms with Gasteiger partial charge in [0.25, 0.3) is 11.8 Å². The highest BCUT2D eigenvalue weighted by molar-refractivity contribution is 6.21. The molecule has 2 aliphatic rings. The summed E-state index contributed by atoms with van der Waals surface area (Å²) in [7, 11) is 0. The highest BCUT2D eigenvalue weighted by atomic mass is 35.5. The number of hydrogen-bond donors (Lipinski definition) is 2. The van der Waals surface area contributed by atoms with Gasteiger partial charge in [-0.25, -0.2) is 0 Å². The predicted molar refractivity (Wildman–Crippen MR) is 87.6 cm³/mol. The number of halogens is 1. The van der Waals surface area contributed by atoms with Crippen LogP contribution in [0.2, 0.25) is 0 Å². The Labute approximate surface area is 141 Å². The Kier molecular flexibility index (Phi) is 5.38. The van der Waals surface area contributed by atoms with Gasteiger partial charge in [-0.3, -0.25) is 19.3 Å². The van der Waals surface area contributed by atoms with Crippen LogP contribution in [0.15, 0.2) is 24.3 Å². The summed E-state index contributed by atoms with van der Waals surface area (Å²) in [5, 5.41) is 5.96. The Hall–Kier alpha value is -1.92. The van der Waals surface area contributed by atoms with E-state index in [1.807, 2.05) is 6.92 Å². The van der Waals surface area contributed by atoms with E-state index in [2.05, 4.69) is 10.6 Å². The summed E-state index contributed by atoms with van der Waals surface area (Å²) in [5.41, 5.74) is 0.875. The Balaban J connectivity index is 0.00000192. The molecule has 3 amide bonds. The number of nitrogens with one attached hydrogen (secondary N) is 2. The molecular formula is C16H20ClN3O3. The Morgan fingerprint density at radius 3 is 2.30 bits per heavy atom. The van der Waals surface area contributed by atoms with E-state index in [0.29, 0.717) is 17.0 Å². The lowest BCUT2D eigenvalue weighted by Gasteiger charge is -2.31. The molecule has 23 heavy (non-hydrogen) atoms. The number of rotatable bonds is 5. The van der Waals surface area contributed by atoms with Gasteiger partial charge in [-0.1, -0.05) is 19.1 Å². The summed E-state index contributed by atoms with van der Waals surface area (Å²) in [6.45, 7) is 4.13. The first-order valence-corrected chi connectivity index (χ1v) is 7.53. The van der Waals surface area contributed by atoms with Crippen LogP contribution in [0.25, 0.3) is 0 Å². The van der Waals surface area contributed by atoms with E-state index in [-0.39, 0.29) is 49.1 Å². The lowest BCUT2D eigenvalue weighted by Crippen LogP contribution is -2.50. The van der Waals surface area contributed by atoms with Gasteiger partial charge in [0.15, 0.2) is 0 Å². The summed E-state index contributed by atoms with van der Waals surface area (Å²) in [6, 6.07) is 6.78. The van der Waals surface area contributed by atoms with Crippen molar-refractivity contribution in [3.05, 3.63) is 35.4 Å². The van der Waals surface area contributed by atoms with Crippen molar-refractivity contribution >= 4 is 30.1 Å². The van der Waals surface area contributed by atoms with Crippen molar-refractivity contribution in [1.82, 2.24) is 15.5 Å². The molecule has 2 aliphatic heterocycles. The van der Waals surface area contributed by atoms with Crippen molar-refractivity contribution in [3.63, 3.8) is 0 Å². The molecule has 3 rings (SSSR count). The van der Waals surface area contributed by atoms with Crippen molar-refractivity contribution in [2.24, 2.45) is 11.8 Å². The Morgan fingerprint density at radius 2 is 1.83 bits per heavy atom. The third kappa shape index (κ3) is 3.23. The highest BCUT2D eigenvalue weighted by Crippen LogP contribution is 2.21. The van der Waals surface area contributed by atoms with Gasteiger partial charge >= 0.3 is 0 Å². The standard InChI is InChI=1S/C16H19N3O3.ClH/c1-10(11-8-17-9-11)14(20)18-6-7-19-15(21)12-4-2-3-5-13(12)16(19)22;/h2-5,10-11,17H,6-9H2,1H3,(H,18,20);1H. The fourth-order valence-electron chi connectivity index (χ4n) is 2.77. The van der Waals surface area contributed by atoms with E-state index < -0.39 is 0 Å². The van der Waals surface area contributed by atoms with Crippen molar-refractivity contribution in [3.8, 4) is 0 Å². The monoisotopic (exact) mass is 337 g/mol. The Bertz CT molecular complexity index is 596. The van der Waals surface area contributed by atoms with E-state index >= 15 is 0 Å². The normalized spacial score (nSPS) is 18.0. The largest absolute Gasteiger partial charge is 0.354 e. The van der Waals surface area contributed by atoms with Crippen molar-refractivity contribution < 1.29 is 14.4 Å². The van der Waals surface area contributed by atoms with Gasteiger partial charge in [0.2, 0.25) is 5.91 Å². The number of hydrogen-bond acceptors (Lipinski definition) is 4.